The van der Waals surface area contributed by atoms with Gasteiger partial charge in [0.25, 0.3) is 5.69 Å². The number of carbonyl (C=O) groups is 2. The van der Waals surface area contributed by atoms with Crippen molar-refractivity contribution in [2.24, 2.45) is 16.1 Å². The second-order valence-corrected chi connectivity index (χ2v) is 9.26. The highest BCUT2D eigenvalue weighted by atomic mass is 16.6. The molecule has 1 aliphatic heterocycles. The second kappa shape index (κ2) is 13.3. The molecule has 2 unspecified atom stereocenters. The molecule has 12 heteroatoms. The van der Waals surface area contributed by atoms with Crippen LogP contribution in [0, 0.1) is 16.0 Å². The van der Waals surface area contributed by atoms with E-state index in [1.807, 2.05) is 35.0 Å². The standard InChI is InChI=1S/C29H29N5O7/c1-19-25(28(35)39-3)27(23-5-4-6-24(15-23)34(37)38)26(20(2)32-19)29(36)40-13-14-41-31-16-21-7-9-22(10-8-21)17-33-12-11-30-18-33/h4-12,15-16,18,25,27H,13-14,17H2,1-3H3. The number of esters is 2. The maximum atomic E-state index is 13.2. The summed E-state index contributed by atoms with van der Waals surface area (Å²) >= 11 is 0. The van der Waals surface area contributed by atoms with Gasteiger partial charge in [-0.25, -0.2) is 9.78 Å². The lowest BCUT2D eigenvalue weighted by atomic mass is 9.75. The molecule has 0 N–H and O–H groups in total. The lowest BCUT2D eigenvalue weighted by molar-refractivity contribution is -0.384. The van der Waals surface area contributed by atoms with Crippen LogP contribution in [0.15, 0.2) is 88.7 Å². The highest BCUT2D eigenvalue weighted by Gasteiger charge is 2.42. The number of imidazole rings is 1. The van der Waals surface area contributed by atoms with Gasteiger partial charge in [-0.15, -0.1) is 0 Å². The van der Waals surface area contributed by atoms with Gasteiger partial charge in [0.1, 0.15) is 12.5 Å². The second-order valence-electron chi connectivity index (χ2n) is 9.26. The molecular formula is C29H29N5O7. The molecule has 0 aliphatic carbocycles. The maximum absolute atomic E-state index is 13.2. The van der Waals surface area contributed by atoms with Crippen molar-refractivity contribution in [3.63, 3.8) is 0 Å². The van der Waals surface area contributed by atoms with Crippen LogP contribution in [0.1, 0.15) is 36.5 Å². The number of nitro groups is 1. The number of ether oxygens (including phenoxy) is 2. The van der Waals surface area contributed by atoms with Crippen LogP contribution in [0.5, 0.6) is 0 Å². The predicted octanol–water partition coefficient (Wildman–Crippen LogP) is 4.05. The van der Waals surface area contributed by atoms with Gasteiger partial charge in [0.2, 0.25) is 0 Å². The molecule has 0 bridgehead atoms. The van der Waals surface area contributed by atoms with Gasteiger partial charge in [-0.1, -0.05) is 41.6 Å². The average molecular weight is 560 g/mol. The molecule has 0 radical (unpaired) electrons. The zero-order chi connectivity index (χ0) is 29.4. The average Bonchev–Trinajstić information content (AvgIpc) is 3.48. The van der Waals surface area contributed by atoms with E-state index in [1.54, 1.807) is 38.7 Å². The summed E-state index contributed by atoms with van der Waals surface area (Å²) in [7, 11) is 1.23. The molecule has 3 aromatic rings. The van der Waals surface area contributed by atoms with Crippen LogP contribution in [0.25, 0.3) is 0 Å². The number of rotatable bonds is 11. The Morgan fingerprint density at radius 3 is 2.61 bits per heavy atom. The Hall–Kier alpha value is -5.13. The zero-order valence-electron chi connectivity index (χ0n) is 22.8. The molecular weight excluding hydrogens is 530 g/mol. The van der Waals surface area contributed by atoms with Gasteiger partial charge < -0.3 is 18.9 Å². The van der Waals surface area contributed by atoms with Crippen LogP contribution in [-0.2, 0) is 30.4 Å². The van der Waals surface area contributed by atoms with E-state index in [0.717, 1.165) is 11.1 Å². The highest BCUT2D eigenvalue weighted by molar-refractivity contribution is 6.07. The van der Waals surface area contributed by atoms with Crippen molar-refractivity contribution in [1.29, 1.82) is 0 Å². The Morgan fingerprint density at radius 2 is 1.93 bits per heavy atom. The van der Waals surface area contributed by atoms with Crippen molar-refractivity contribution in [1.82, 2.24) is 9.55 Å². The first kappa shape index (κ1) is 28.9. The summed E-state index contributed by atoms with van der Waals surface area (Å²) in [6.07, 6.45) is 6.92. The van der Waals surface area contributed by atoms with E-state index >= 15 is 0 Å². The summed E-state index contributed by atoms with van der Waals surface area (Å²) in [4.78, 5) is 50.5. The first-order valence-corrected chi connectivity index (χ1v) is 12.7. The summed E-state index contributed by atoms with van der Waals surface area (Å²) in [5.41, 5.74) is 3.06. The molecule has 2 heterocycles. The van der Waals surface area contributed by atoms with Gasteiger partial charge in [0, 0.05) is 48.4 Å². The molecule has 1 aliphatic rings. The molecule has 1 aromatic heterocycles. The molecule has 2 aromatic carbocycles. The maximum Gasteiger partial charge on any atom is 0.336 e. The lowest BCUT2D eigenvalue weighted by Crippen LogP contribution is -2.36. The Morgan fingerprint density at radius 1 is 1.15 bits per heavy atom. The fourth-order valence-corrected chi connectivity index (χ4v) is 4.63. The van der Waals surface area contributed by atoms with Crippen LogP contribution in [0.2, 0.25) is 0 Å². The van der Waals surface area contributed by atoms with Crippen LogP contribution in [0.4, 0.5) is 5.69 Å². The van der Waals surface area contributed by atoms with Crippen molar-refractivity contribution >= 4 is 29.6 Å². The normalized spacial score (nSPS) is 16.8. The lowest BCUT2D eigenvalue weighted by Gasteiger charge is -2.31. The van der Waals surface area contributed by atoms with Crippen LogP contribution < -0.4 is 0 Å². The largest absolute Gasteiger partial charge is 0.468 e. The Balaban J connectivity index is 1.39. The Labute approximate surface area is 236 Å². The third kappa shape index (κ3) is 7.10. The van der Waals surface area contributed by atoms with Gasteiger partial charge in [-0.2, -0.15) is 0 Å². The number of methoxy groups -OCH3 is 1. The number of nitro benzene ring substituents is 1. The number of aliphatic imine (C=N–C) groups is 1. The minimum absolute atomic E-state index is 0.0164. The number of hydrogen-bond acceptors (Lipinski definition) is 10. The molecule has 0 spiro atoms. The minimum atomic E-state index is -0.958. The molecule has 212 valence electrons. The molecule has 0 amide bonds. The molecule has 12 nitrogen and oxygen atoms in total. The van der Waals surface area contributed by atoms with E-state index < -0.39 is 28.7 Å². The van der Waals surface area contributed by atoms with E-state index in [1.165, 1.54) is 25.3 Å². The minimum Gasteiger partial charge on any atom is -0.468 e. The number of non-ortho nitro benzene ring substituents is 1. The molecule has 0 fully saturated rings. The van der Waals surface area contributed by atoms with Gasteiger partial charge in [0.15, 0.2) is 6.61 Å². The topological polar surface area (TPSA) is 148 Å². The van der Waals surface area contributed by atoms with Gasteiger partial charge in [-0.3, -0.25) is 19.9 Å². The van der Waals surface area contributed by atoms with Gasteiger partial charge in [0.05, 0.1) is 30.1 Å². The third-order valence-corrected chi connectivity index (χ3v) is 6.53. The number of nitrogens with zero attached hydrogens (tertiary/aromatic N) is 5. The van der Waals surface area contributed by atoms with E-state index in [-0.39, 0.29) is 24.5 Å². The van der Waals surface area contributed by atoms with Crippen molar-refractivity contribution in [2.75, 3.05) is 20.3 Å². The highest BCUT2D eigenvalue weighted by Crippen LogP contribution is 2.40. The number of carbonyl (C=O) groups excluding carboxylic acids is 2. The SMILES string of the molecule is COC(=O)C1C(C)=NC(C)=C(C(=O)OCCON=Cc2ccc(Cn3ccnc3)cc2)C1c1cccc([N+](=O)[O-])c1. The van der Waals surface area contributed by atoms with Gasteiger partial charge in [-0.05, 0) is 30.5 Å². The molecule has 0 saturated carbocycles. The Bertz CT molecular complexity index is 1490. The first-order valence-electron chi connectivity index (χ1n) is 12.7. The van der Waals surface area contributed by atoms with Crippen molar-refractivity contribution in [2.45, 2.75) is 26.3 Å². The summed E-state index contributed by atoms with van der Waals surface area (Å²) in [6.45, 7) is 3.85. The van der Waals surface area contributed by atoms with E-state index in [9.17, 15) is 19.7 Å². The van der Waals surface area contributed by atoms with E-state index in [4.69, 9.17) is 14.3 Å². The van der Waals surface area contributed by atoms with E-state index in [0.29, 0.717) is 23.5 Å². The monoisotopic (exact) mass is 559 g/mol. The van der Waals surface area contributed by atoms with Crippen LogP contribution in [0.3, 0.4) is 0 Å². The Kier molecular flexibility index (Phi) is 9.35. The molecule has 2 atom stereocenters. The van der Waals surface area contributed by atoms with Gasteiger partial charge >= 0.3 is 11.9 Å². The van der Waals surface area contributed by atoms with Crippen LogP contribution in [-0.4, -0.2) is 58.7 Å². The third-order valence-electron chi connectivity index (χ3n) is 6.53. The summed E-state index contributed by atoms with van der Waals surface area (Å²) in [5.74, 6) is -3.18. The number of allylic oxidation sites excluding steroid dienone is 1. The first-order chi connectivity index (χ1) is 19.8. The number of aromatic nitrogens is 2. The number of benzene rings is 2. The zero-order valence-corrected chi connectivity index (χ0v) is 22.8. The van der Waals surface area contributed by atoms with E-state index in [2.05, 4.69) is 15.1 Å². The van der Waals surface area contributed by atoms with Crippen molar-refractivity contribution in [3.8, 4) is 0 Å². The number of hydrogen-bond donors (Lipinski definition) is 0. The van der Waals surface area contributed by atoms with Crippen molar-refractivity contribution in [3.05, 3.63) is 105 Å². The molecule has 4 rings (SSSR count). The summed E-state index contributed by atoms with van der Waals surface area (Å²) in [6, 6.07) is 13.6. The summed E-state index contributed by atoms with van der Waals surface area (Å²) < 4.78 is 12.4. The predicted molar refractivity (Wildman–Crippen MR) is 149 cm³/mol. The smallest absolute Gasteiger partial charge is 0.336 e. The fourth-order valence-electron chi connectivity index (χ4n) is 4.63. The van der Waals surface area contributed by atoms with Crippen molar-refractivity contribution < 1.29 is 28.8 Å². The number of oxime groups is 1. The molecule has 41 heavy (non-hydrogen) atoms. The fraction of sp³-hybridized carbons (Fsp3) is 0.276. The van der Waals surface area contributed by atoms with Crippen LogP contribution >= 0.6 is 0 Å². The quantitative estimate of drug-likeness (QED) is 0.112. The summed E-state index contributed by atoms with van der Waals surface area (Å²) in [5, 5.41) is 15.3. The molecule has 0 saturated heterocycles.